The van der Waals surface area contributed by atoms with Gasteiger partial charge in [-0.1, -0.05) is 13.0 Å². The van der Waals surface area contributed by atoms with Crippen LogP contribution in [0.4, 0.5) is 5.69 Å². The Hall–Kier alpha value is -1.98. The van der Waals surface area contributed by atoms with Crippen molar-refractivity contribution in [3.8, 4) is 6.07 Å². The maximum absolute atomic E-state index is 12.4. The summed E-state index contributed by atoms with van der Waals surface area (Å²) in [6, 6.07) is 5.84. The van der Waals surface area contributed by atoms with E-state index in [1.807, 2.05) is 6.07 Å². The number of nitro benzene ring substituents is 1. The van der Waals surface area contributed by atoms with Gasteiger partial charge in [-0.05, 0) is 18.6 Å². The van der Waals surface area contributed by atoms with Crippen LogP contribution in [0, 0.1) is 28.4 Å². The summed E-state index contributed by atoms with van der Waals surface area (Å²) in [6.07, 6.45) is 0.0345. The third-order valence-electron chi connectivity index (χ3n) is 2.75. The van der Waals surface area contributed by atoms with Crippen LogP contribution in [-0.2, 0) is 10.0 Å². The SMILES string of the molecule is CCN(CCC#N)S(=O)(=O)c1ccc(C)cc1[N+](=O)[O-]. The molecule has 8 heteroatoms. The molecule has 0 N–H and O–H groups in total. The summed E-state index contributed by atoms with van der Waals surface area (Å²) in [5.41, 5.74) is 0.163. The first-order valence-corrected chi connectivity index (χ1v) is 7.40. The fourth-order valence-electron chi connectivity index (χ4n) is 1.75. The lowest BCUT2D eigenvalue weighted by Gasteiger charge is -2.19. The van der Waals surface area contributed by atoms with Gasteiger partial charge in [0.05, 0.1) is 11.0 Å². The van der Waals surface area contributed by atoms with Crippen LogP contribution >= 0.6 is 0 Å². The van der Waals surface area contributed by atoms with Gasteiger partial charge in [-0.3, -0.25) is 10.1 Å². The predicted octanol–water partition coefficient (Wildman–Crippen LogP) is 1.83. The van der Waals surface area contributed by atoms with Crippen LogP contribution in [0.25, 0.3) is 0 Å². The molecule has 0 aliphatic carbocycles. The summed E-state index contributed by atoms with van der Waals surface area (Å²) < 4.78 is 25.9. The lowest BCUT2D eigenvalue weighted by Crippen LogP contribution is -2.32. The van der Waals surface area contributed by atoms with E-state index in [0.717, 1.165) is 4.31 Å². The van der Waals surface area contributed by atoms with Gasteiger partial charge in [-0.25, -0.2) is 8.42 Å². The van der Waals surface area contributed by atoms with Crippen LogP contribution in [0.15, 0.2) is 23.1 Å². The summed E-state index contributed by atoms with van der Waals surface area (Å²) >= 11 is 0. The number of nitriles is 1. The molecule has 0 saturated carbocycles. The van der Waals surface area contributed by atoms with Crippen LogP contribution in [0.5, 0.6) is 0 Å². The Labute approximate surface area is 117 Å². The van der Waals surface area contributed by atoms with Gasteiger partial charge in [-0.2, -0.15) is 9.57 Å². The molecule has 0 amide bonds. The van der Waals surface area contributed by atoms with Crippen LogP contribution in [0.2, 0.25) is 0 Å². The van der Waals surface area contributed by atoms with Gasteiger partial charge in [-0.15, -0.1) is 0 Å². The highest BCUT2D eigenvalue weighted by atomic mass is 32.2. The molecule has 0 radical (unpaired) electrons. The fraction of sp³-hybridized carbons (Fsp3) is 0.417. The largest absolute Gasteiger partial charge is 0.289 e. The van der Waals surface area contributed by atoms with E-state index in [1.165, 1.54) is 18.2 Å². The van der Waals surface area contributed by atoms with Gasteiger partial charge in [0, 0.05) is 25.6 Å². The standard InChI is InChI=1S/C12H15N3O4S/c1-3-14(8-4-7-13)20(18,19)12-6-5-10(2)9-11(12)15(16)17/h5-6,9H,3-4,8H2,1-2H3. The molecule has 0 fully saturated rings. The molecule has 20 heavy (non-hydrogen) atoms. The molecule has 0 aliphatic heterocycles. The van der Waals surface area contributed by atoms with Crippen molar-refractivity contribution >= 4 is 15.7 Å². The van der Waals surface area contributed by atoms with Gasteiger partial charge >= 0.3 is 0 Å². The monoisotopic (exact) mass is 297 g/mol. The van der Waals surface area contributed by atoms with Crippen LogP contribution in [-0.4, -0.2) is 30.7 Å². The zero-order valence-electron chi connectivity index (χ0n) is 11.2. The van der Waals surface area contributed by atoms with Gasteiger partial charge < -0.3 is 0 Å². The summed E-state index contributed by atoms with van der Waals surface area (Å²) in [6.45, 7) is 3.43. The fourth-order valence-corrected chi connectivity index (χ4v) is 3.34. The Morgan fingerprint density at radius 2 is 2.10 bits per heavy atom. The number of aryl methyl sites for hydroxylation is 1. The van der Waals surface area contributed by atoms with Crippen LogP contribution in [0.1, 0.15) is 18.9 Å². The van der Waals surface area contributed by atoms with Gasteiger partial charge in [0.1, 0.15) is 0 Å². The van der Waals surface area contributed by atoms with Crippen molar-refractivity contribution in [2.45, 2.75) is 25.2 Å². The number of benzene rings is 1. The highest BCUT2D eigenvalue weighted by Crippen LogP contribution is 2.27. The van der Waals surface area contributed by atoms with Crippen molar-refractivity contribution in [1.82, 2.24) is 4.31 Å². The normalized spacial score (nSPS) is 11.3. The first kappa shape index (κ1) is 16.1. The Kier molecular flexibility index (Phi) is 5.19. The molecule has 1 aromatic carbocycles. The molecule has 108 valence electrons. The van der Waals surface area contributed by atoms with Crippen molar-refractivity contribution in [1.29, 1.82) is 5.26 Å². The van der Waals surface area contributed by atoms with Gasteiger partial charge in [0.25, 0.3) is 5.69 Å². The molecule has 0 aliphatic rings. The second-order valence-corrected chi connectivity index (χ2v) is 6.04. The topological polar surface area (TPSA) is 104 Å². The minimum absolute atomic E-state index is 0.0143. The zero-order valence-corrected chi connectivity index (χ0v) is 12.1. The van der Waals surface area contributed by atoms with E-state index < -0.39 is 20.6 Å². The Bertz CT molecular complexity index is 649. The van der Waals surface area contributed by atoms with Crippen LogP contribution < -0.4 is 0 Å². The van der Waals surface area contributed by atoms with E-state index in [-0.39, 0.29) is 24.4 Å². The predicted molar refractivity (Wildman–Crippen MR) is 72.5 cm³/mol. The lowest BCUT2D eigenvalue weighted by molar-refractivity contribution is -0.387. The lowest BCUT2D eigenvalue weighted by atomic mass is 10.2. The molecule has 0 aromatic heterocycles. The molecule has 0 heterocycles. The number of rotatable bonds is 6. The smallest absolute Gasteiger partial charge is 0.258 e. The Morgan fingerprint density at radius 3 is 2.60 bits per heavy atom. The molecule has 0 spiro atoms. The van der Waals surface area contributed by atoms with Crippen molar-refractivity contribution in [2.24, 2.45) is 0 Å². The van der Waals surface area contributed by atoms with Crippen molar-refractivity contribution in [3.05, 3.63) is 33.9 Å². The van der Waals surface area contributed by atoms with Crippen molar-refractivity contribution in [3.63, 3.8) is 0 Å². The van der Waals surface area contributed by atoms with E-state index in [0.29, 0.717) is 5.56 Å². The Balaban J connectivity index is 3.34. The molecular weight excluding hydrogens is 282 g/mol. The maximum atomic E-state index is 12.4. The summed E-state index contributed by atoms with van der Waals surface area (Å²) in [5, 5.41) is 19.6. The highest BCUT2D eigenvalue weighted by Gasteiger charge is 2.30. The molecule has 0 saturated heterocycles. The maximum Gasteiger partial charge on any atom is 0.289 e. The van der Waals surface area contributed by atoms with Crippen molar-refractivity contribution in [2.75, 3.05) is 13.1 Å². The average molecular weight is 297 g/mol. The summed E-state index contributed by atoms with van der Waals surface area (Å²) in [5.74, 6) is 0. The van der Waals surface area contributed by atoms with Gasteiger partial charge in [0.15, 0.2) is 4.90 Å². The summed E-state index contributed by atoms with van der Waals surface area (Å²) in [4.78, 5) is 9.97. The van der Waals surface area contributed by atoms with E-state index in [9.17, 15) is 18.5 Å². The first-order valence-electron chi connectivity index (χ1n) is 5.96. The highest BCUT2D eigenvalue weighted by molar-refractivity contribution is 7.89. The zero-order chi connectivity index (χ0) is 15.3. The van der Waals surface area contributed by atoms with E-state index >= 15 is 0 Å². The number of sulfonamides is 1. The minimum Gasteiger partial charge on any atom is -0.258 e. The molecule has 0 unspecified atom stereocenters. The van der Waals surface area contributed by atoms with E-state index in [2.05, 4.69) is 0 Å². The molecule has 1 rings (SSSR count). The molecule has 7 nitrogen and oxygen atoms in total. The number of hydrogen-bond donors (Lipinski definition) is 0. The van der Waals surface area contributed by atoms with E-state index in [4.69, 9.17) is 5.26 Å². The third kappa shape index (κ3) is 3.31. The Morgan fingerprint density at radius 1 is 1.45 bits per heavy atom. The molecule has 0 bridgehead atoms. The van der Waals surface area contributed by atoms with E-state index in [1.54, 1.807) is 13.8 Å². The molecule has 0 atom stereocenters. The average Bonchev–Trinajstić information content (AvgIpc) is 2.38. The summed E-state index contributed by atoms with van der Waals surface area (Å²) in [7, 11) is -3.98. The quantitative estimate of drug-likeness (QED) is 0.588. The minimum atomic E-state index is -3.98. The van der Waals surface area contributed by atoms with Crippen LogP contribution in [0.3, 0.4) is 0 Å². The van der Waals surface area contributed by atoms with Gasteiger partial charge in [0.2, 0.25) is 10.0 Å². The number of hydrogen-bond acceptors (Lipinski definition) is 5. The number of nitro groups is 1. The first-order chi connectivity index (χ1) is 9.34. The third-order valence-corrected chi connectivity index (χ3v) is 4.78. The molecule has 1 aromatic rings. The molecular formula is C12H15N3O4S. The second kappa shape index (κ2) is 6.45. The van der Waals surface area contributed by atoms with Crippen molar-refractivity contribution < 1.29 is 13.3 Å². The number of nitrogens with zero attached hydrogens (tertiary/aromatic N) is 3. The second-order valence-electron chi connectivity index (χ2n) is 4.13.